The Hall–Kier alpha value is -3.59. The van der Waals surface area contributed by atoms with Gasteiger partial charge < -0.3 is 10.6 Å². The second-order valence-electron chi connectivity index (χ2n) is 8.84. The van der Waals surface area contributed by atoms with Crippen molar-refractivity contribution in [3.63, 3.8) is 0 Å². The predicted octanol–water partition coefficient (Wildman–Crippen LogP) is 3.93. The lowest BCUT2D eigenvalue weighted by molar-refractivity contribution is 0.208. The van der Waals surface area contributed by atoms with Crippen molar-refractivity contribution in [1.82, 2.24) is 24.6 Å². The lowest BCUT2D eigenvalue weighted by atomic mass is 10.1. The molecular weight excluding hydrogens is 436 g/mol. The highest BCUT2D eigenvalue weighted by molar-refractivity contribution is 5.99. The number of hydrogen-bond acceptors (Lipinski definition) is 6. The number of rotatable bonds is 5. The Labute approximate surface area is 196 Å². The number of fused-ring (bicyclic) bond motifs is 1. The number of benzene rings is 2. The Bertz CT molecular complexity index is 1310. The zero-order valence-corrected chi connectivity index (χ0v) is 19.2. The molecule has 3 heterocycles. The SMILES string of the molecule is CC(C)N1CCN(c2nc(-c3cc(F)ccc3F)c3c(N)n(Cc4ccccc4)nc3n2)CC1. The van der Waals surface area contributed by atoms with Crippen LogP contribution in [-0.4, -0.2) is 56.9 Å². The van der Waals surface area contributed by atoms with Gasteiger partial charge >= 0.3 is 0 Å². The van der Waals surface area contributed by atoms with E-state index in [-0.39, 0.29) is 11.3 Å². The first-order valence-corrected chi connectivity index (χ1v) is 11.4. The Morgan fingerprint density at radius 3 is 2.41 bits per heavy atom. The van der Waals surface area contributed by atoms with Gasteiger partial charge in [0.15, 0.2) is 5.65 Å². The third kappa shape index (κ3) is 4.19. The zero-order valence-electron chi connectivity index (χ0n) is 19.2. The van der Waals surface area contributed by atoms with Crippen LogP contribution in [0.1, 0.15) is 19.4 Å². The highest BCUT2D eigenvalue weighted by Gasteiger charge is 2.25. The van der Waals surface area contributed by atoms with Crippen LogP contribution in [-0.2, 0) is 6.54 Å². The van der Waals surface area contributed by atoms with E-state index in [2.05, 4.69) is 28.7 Å². The monoisotopic (exact) mass is 463 g/mol. The van der Waals surface area contributed by atoms with Crippen LogP contribution in [0.15, 0.2) is 48.5 Å². The number of nitrogens with zero attached hydrogens (tertiary/aromatic N) is 6. The summed E-state index contributed by atoms with van der Waals surface area (Å²) < 4.78 is 30.6. The first-order valence-electron chi connectivity index (χ1n) is 11.4. The summed E-state index contributed by atoms with van der Waals surface area (Å²) in [4.78, 5) is 13.8. The third-order valence-electron chi connectivity index (χ3n) is 6.31. The quantitative estimate of drug-likeness (QED) is 0.483. The first-order chi connectivity index (χ1) is 16.4. The zero-order chi connectivity index (χ0) is 23.8. The summed E-state index contributed by atoms with van der Waals surface area (Å²) in [6.45, 7) is 7.97. The molecule has 0 saturated carbocycles. The molecule has 1 aliphatic heterocycles. The van der Waals surface area contributed by atoms with Crippen LogP contribution < -0.4 is 10.6 Å². The maximum Gasteiger partial charge on any atom is 0.228 e. The van der Waals surface area contributed by atoms with Crippen LogP contribution in [0.2, 0.25) is 0 Å². The molecule has 0 aliphatic carbocycles. The molecule has 4 aromatic rings. The smallest absolute Gasteiger partial charge is 0.228 e. The Morgan fingerprint density at radius 2 is 1.71 bits per heavy atom. The lowest BCUT2D eigenvalue weighted by Crippen LogP contribution is -2.49. The molecule has 0 atom stereocenters. The molecule has 2 aromatic carbocycles. The molecule has 2 aromatic heterocycles. The van der Waals surface area contributed by atoms with Crippen LogP contribution in [0.4, 0.5) is 20.5 Å². The molecule has 0 amide bonds. The maximum absolute atomic E-state index is 14.9. The summed E-state index contributed by atoms with van der Waals surface area (Å²) in [5.41, 5.74) is 8.15. The normalized spacial score (nSPS) is 14.9. The minimum atomic E-state index is -0.577. The lowest BCUT2D eigenvalue weighted by Gasteiger charge is -2.36. The van der Waals surface area contributed by atoms with Gasteiger partial charge in [-0.05, 0) is 37.6 Å². The second-order valence-corrected chi connectivity index (χ2v) is 8.84. The van der Waals surface area contributed by atoms with Crippen molar-refractivity contribution in [1.29, 1.82) is 0 Å². The van der Waals surface area contributed by atoms with Crippen molar-refractivity contribution in [2.45, 2.75) is 26.4 Å². The molecule has 0 unspecified atom stereocenters. The minimum absolute atomic E-state index is 0.0421. The van der Waals surface area contributed by atoms with Gasteiger partial charge in [-0.3, -0.25) is 4.90 Å². The number of hydrogen-bond donors (Lipinski definition) is 1. The summed E-state index contributed by atoms with van der Waals surface area (Å²) in [5, 5.41) is 5.05. The van der Waals surface area contributed by atoms with E-state index in [4.69, 9.17) is 15.7 Å². The van der Waals surface area contributed by atoms with Crippen molar-refractivity contribution in [2.24, 2.45) is 0 Å². The number of halogens is 2. The molecule has 0 bridgehead atoms. The second kappa shape index (κ2) is 8.98. The number of anilines is 2. The van der Waals surface area contributed by atoms with Gasteiger partial charge in [0.2, 0.25) is 5.95 Å². The average molecular weight is 464 g/mol. The summed E-state index contributed by atoms with van der Waals surface area (Å²) in [5.74, 6) is -0.370. The van der Waals surface area contributed by atoms with Crippen molar-refractivity contribution in [3.05, 3.63) is 65.7 Å². The molecular formula is C25H27F2N7. The van der Waals surface area contributed by atoms with Gasteiger partial charge in [0, 0.05) is 37.8 Å². The van der Waals surface area contributed by atoms with E-state index >= 15 is 0 Å². The summed E-state index contributed by atoms with van der Waals surface area (Å²) in [7, 11) is 0. The minimum Gasteiger partial charge on any atom is -0.383 e. The van der Waals surface area contributed by atoms with Crippen molar-refractivity contribution < 1.29 is 8.78 Å². The van der Waals surface area contributed by atoms with Crippen molar-refractivity contribution in [2.75, 3.05) is 36.8 Å². The van der Waals surface area contributed by atoms with E-state index < -0.39 is 11.6 Å². The number of piperazine rings is 1. The standard InChI is InChI=1S/C25H27F2N7/c1-16(2)32-10-12-33(13-11-32)25-29-22(19-14-18(26)8-9-20(19)27)21-23(28)34(31-24(21)30-25)15-17-6-4-3-5-7-17/h3-9,14,16H,10-13,15,28H2,1-2H3. The highest BCUT2D eigenvalue weighted by Crippen LogP contribution is 2.34. The molecule has 176 valence electrons. The fraction of sp³-hybridized carbons (Fsp3) is 0.320. The molecule has 0 spiro atoms. The molecule has 9 heteroatoms. The number of aromatic nitrogens is 4. The molecule has 5 rings (SSSR count). The average Bonchev–Trinajstić information content (AvgIpc) is 3.15. The van der Waals surface area contributed by atoms with E-state index in [1.54, 1.807) is 4.68 Å². The third-order valence-corrected chi connectivity index (χ3v) is 6.31. The van der Waals surface area contributed by atoms with Gasteiger partial charge in [0.1, 0.15) is 17.5 Å². The van der Waals surface area contributed by atoms with Gasteiger partial charge in [-0.15, -0.1) is 5.10 Å². The first kappa shape index (κ1) is 22.2. The van der Waals surface area contributed by atoms with Crippen LogP contribution in [0.3, 0.4) is 0 Å². The van der Waals surface area contributed by atoms with Crippen LogP contribution in [0.5, 0.6) is 0 Å². The van der Waals surface area contributed by atoms with Gasteiger partial charge in [-0.1, -0.05) is 30.3 Å². The van der Waals surface area contributed by atoms with Gasteiger partial charge in [0.25, 0.3) is 0 Å². The van der Waals surface area contributed by atoms with E-state index in [0.29, 0.717) is 35.4 Å². The Kier molecular flexibility index (Phi) is 5.87. The van der Waals surface area contributed by atoms with E-state index in [0.717, 1.165) is 49.9 Å². The fourth-order valence-electron chi connectivity index (χ4n) is 4.37. The van der Waals surface area contributed by atoms with Crippen molar-refractivity contribution in [3.8, 4) is 11.3 Å². The molecule has 1 aliphatic rings. The molecule has 1 saturated heterocycles. The van der Waals surface area contributed by atoms with E-state index in [1.807, 2.05) is 30.3 Å². The van der Waals surface area contributed by atoms with Crippen LogP contribution in [0, 0.1) is 11.6 Å². The van der Waals surface area contributed by atoms with E-state index in [9.17, 15) is 8.78 Å². The maximum atomic E-state index is 14.9. The predicted molar refractivity (Wildman–Crippen MR) is 130 cm³/mol. The molecule has 7 nitrogen and oxygen atoms in total. The summed E-state index contributed by atoms with van der Waals surface area (Å²) >= 11 is 0. The largest absolute Gasteiger partial charge is 0.383 e. The molecule has 2 N–H and O–H groups in total. The van der Waals surface area contributed by atoms with Gasteiger partial charge in [0.05, 0.1) is 17.6 Å². The molecule has 34 heavy (non-hydrogen) atoms. The Balaban J connectivity index is 1.63. The van der Waals surface area contributed by atoms with Crippen LogP contribution >= 0.6 is 0 Å². The molecule has 0 radical (unpaired) electrons. The van der Waals surface area contributed by atoms with E-state index in [1.165, 1.54) is 0 Å². The van der Waals surface area contributed by atoms with Gasteiger partial charge in [-0.25, -0.2) is 18.4 Å². The number of nitrogen functional groups attached to an aromatic ring is 1. The van der Waals surface area contributed by atoms with Gasteiger partial charge in [-0.2, -0.15) is 4.98 Å². The highest BCUT2D eigenvalue weighted by atomic mass is 19.1. The van der Waals surface area contributed by atoms with Crippen molar-refractivity contribution >= 4 is 22.8 Å². The number of nitrogens with two attached hydrogens (primary N) is 1. The summed E-state index contributed by atoms with van der Waals surface area (Å²) in [6, 6.07) is 13.6. The fourth-order valence-corrected chi connectivity index (χ4v) is 4.37. The molecule has 1 fully saturated rings. The summed E-state index contributed by atoms with van der Waals surface area (Å²) in [6.07, 6.45) is 0. The Morgan fingerprint density at radius 1 is 0.971 bits per heavy atom. The topological polar surface area (TPSA) is 76.1 Å². The van der Waals surface area contributed by atoms with Crippen LogP contribution in [0.25, 0.3) is 22.3 Å².